The number of esters is 1. The van der Waals surface area contributed by atoms with Crippen LogP contribution in [0.3, 0.4) is 0 Å². The lowest BCUT2D eigenvalue weighted by atomic mass is 9.87. The van der Waals surface area contributed by atoms with E-state index in [9.17, 15) is 14.4 Å². The maximum absolute atomic E-state index is 14.7. The number of amides is 2. The molecule has 0 aliphatic carbocycles. The van der Waals surface area contributed by atoms with Crippen LogP contribution in [0.25, 0.3) is 0 Å². The molecule has 0 spiro atoms. The summed E-state index contributed by atoms with van der Waals surface area (Å²) in [6, 6.07) is 7.83. The molecule has 1 fully saturated rings. The topological polar surface area (TPSA) is 88.2 Å². The van der Waals surface area contributed by atoms with Gasteiger partial charge >= 0.3 is 5.97 Å². The zero-order valence-electron chi connectivity index (χ0n) is 39.7. The quantitative estimate of drug-likeness (QED) is 0.0527. The number of benzene rings is 1. The number of nitrogens with one attached hydrogen (secondary N) is 1. The highest BCUT2D eigenvalue weighted by atomic mass is 16.5. The van der Waals surface area contributed by atoms with E-state index in [-0.39, 0.29) is 23.8 Å². The van der Waals surface area contributed by atoms with E-state index < -0.39 is 6.04 Å². The molecule has 1 saturated heterocycles. The molecule has 2 amide bonds. The van der Waals surface area contributed by atoms with Crippen molar-refractivity contribution in [1.29, 1.82) is 0 Å². The number of carbonyl (C=O) groups excluding carboxylic acids is 3. The summed E-state index contributed by atoms with van der Waals surface area (Å²) in [5.41, 5.74) is 1.17. The molecule has 0 bridgehead atoms. The summed E-state index contributed by atoms with van der Waals surface area (Å²) in [5.74, 6) is 1.47. The molecule has 1 unspecified atom stereocenters. The van der Waals surface area contributed by atoms with Crippen LogP contribution in [0, 0.1) is 5.92 Å². The minimum absolute atomic E-state index is 0.0494. The van der Waals surface area contributed by atoms with Gasteiger partial charge in [0, 0.05) is 25.4 Å². The smallest absolute Gasteiger partial charge is 0.305 e. The number of nitrogens with zero attached hydrogens (tertiary/aromatic N) is 2. The first kappa shape index (κ1) is 53.5. The minimum atomic E-state index is -0.412. The number of piperidine rings is 1. The standard InChI is InChI=1S/C52H93N3O5/c1-6-8-10-22-26-30-47(31-27-23-11-9-7-2)55(50(56)32-28-24-20-18-16-14-12-13-15-17-19-21-25-29-33-51(57)60-5)49(44-46-39-42-54(3)43-40-46)52(58)53-41-38-45-34-36-48(59-4)37-35-45/h34-37,46-47,49H,6-33,38-44H2,1-5H3,(H,53,58). The van der Waals surface area contributed by atoms with Gasteiger partial charge in [-0.05, 0) is 95.1 Å². The second kappa shape index (κ2) is 35.9. The second-order valence-corrected chi connectivity index (χ2v) is 18.3. The van der Waals surface area contributed by atoms with E-state index in [0.29, 0.717) is 25.3 Å². The first-order valence-corrected chi connectivity index (χ1v) is 25.3. The van der Waals surface area contributed by atoms with Crippen molar-refractivity contribution < 1.29 is 23.9 Å². The summed E-state index contributed by atoms with van der Waals surface area (Å²) in [6.07, 6.45) is 35.8. The van der Waals surface area contributed by atoms with Gasteiger partial charge in [0.05, 0.1) is 14.2 Å². The van der Waals surface area contributed by atoms with Crippen molar-refractivity contribution in [3.63, 3.8) is 0 Å². The highest BCUT2D eigenvalue weighted by Crippen LogP contribution is 2.29. The normalized spacial score (nSPS) is 14.0. The molecule has 0 saturated carbocycles. The summed E-state index contributed by atoms with van der Waals surface area (Å²) >= 11 is 0. The number of likely N-dealkylation sites (tertiary alicyclic amines) is 1. The predicted molar refractivity (Wildman–Crippen MR) is 252 cm³/mol. The third-order valence-electron chi connectivity index (χ3n) is 13.1. The number of unbranched alkanes of at least 4 members (excludes halogenated alkanes) is 21. The highest BCUT2D eigenvalue weighted by molar-refractivity contribution is 5.88. The average molecular weight is 840 g/mol. The molecule has 1 heterocycles. The molecule has 8 heteroatoms. The van der Waals surface area contributed by atoms with Crippen molar-refractivity contribution in [2.45, 2.75) is 231 Å². The fraction of sp³-hybridized carbons (Fsp3) is 0.827. The summed E-state index contributed by atoms with van der Waals surface area (Å²) in [6.45, 7) is 7.22. The molecule has 1 atom stereocenters. The molecule has 1 N–H and O–H groups in total. The van der Waals surface area contributed by atoms with E-state index in [0.717, 1.165) is 95.9 Å². The van der Waals surface area contributed by atoms with E-state index in [2.05, 4.69) is 48.1 Å². The average Bonchev–Trinajstić information content (AvgIpc) is 3.26. The van der Waals surface area contributed by atoms with Crippen LogP contribution in [0.4, 0.5) is 0 Å². The Bertz CT molecular complexity index is 1190. The third-order valence-corrected chi connectivity index (χ3v) is 13.1. The largest absolute Gasteiger partial charge is 0.497 e. The SMILES string of the molecule is CCCCCCCC(CCCCCCC)N(C(=O)CCCCCCCCCCCCCCCCC(=O)OC)C(CC1CCN(C)CC1)C(=O)NCCc1ccc(OC)cc1. The molecule has 1 aromatic rings. The van der Waals surface area contributed by atoms with E-state index in [1.165, 1.54) is 128 Å². The Morgan fingerprint density at radius 1 is 0.667 bits per heavy atom. The van der Waals surface area contributed by atoms with Gasteiger partial charge in [0.1, 0.15) is 11.8 Å². The maximum atomic E-state index is 14.7. The molecule has 1 aliphatic heterocycles. The molecule has 2 rings (SSSR count). The lowest BCUT2D eigenvalue weighted by Crippen LogP contribution is -2.55. The maximum Gasteiger partial charge on any atom is 0.305 e. The van der Waals surface area contributed by atoms with Crippen LogP contribution >= 0.6 is 0 Å². The lowest BCUT2D eigenvalue weighted by Gasteiger charge is -2.40. The van der Waals surface area contributed by atoms with Crippen LogP contribution in [-0.2, 0) is 25.5 Å². The Kier molecular flexibility index (Phi) is 32.1. The molecule has 60 heavy (non-hydrogen) atoms. The number of hydrogen-bond donors (Lipinski definition) is 1. The van der Waals surface area contributed by atoms with Crippen LogP contribution < -0.4 is 10.1 Å². The van der Waals surface area contributed by atoms with Crippen molar-refractivity contribution in [2.75, 3.05) is 40.9 Å². The zero-order chi connectivity index (χ0) is 43.5. The number of rotatable bonds is 38. The van der Waals surface area contributed by atoms with Gasteiger partial charge < -0.3 is 24.6 Å². The minimum Gasteiger partial charge on any atom is -0.497 e. The van der Waals surface area contributed by atoms with Gasteiger partial charge in [-0.25, -0.2) is 0 Å². The molecular weight excluding hydrogens is 747 g/mol. The van der Waals surface area contributed by atoms with Crippen molar-refractivity contribution in [3.05, 3.63) is 29.8 Å². The highest BCUT2D eigenvalue weighted by Gasteiger charge is 2.36. The van der Waals surface area contributed by atoms with Crippen molar-refractivity contribution >= 4 is 17.8 Å². The van der Waals surface area contributed by atoms with Crippen LogP contribution in [0.1, 0.15) is 218 Å². The lowest BCUT2D eigenvalue weighted by molar-refractivity contribution is -0.144. The zero-order valence-corrected chi connectivity index (χ0v) is 39.7. The number of methoxy groups -OCH3 is 2. The van der Waals surface area contributed by atoms with Gasteiger partial charge in [0.25, 0.3) is 0 Å². The summed E-state index contributed by atoms with van der Waals surface area (Å²) < 4.78 is 10.1. The van der Waals surface area contributed by atoms with Gasteiger partial charge in [-0.1, -0.05) is 167 Å². The van der Waals surface area contributed by atoms with Gasteiger partial charge in [0.2, 0.25) is 11.8 Å². The number of carbonyl (C=O) groups is 3. The summed E-state index contributed by atoms with van der Waals surface area (Å²) in [5, 5.41) is 3.36. The molecule has 0 aromatic heterocycles. The monoisotopic (exact) mass is 840 g/mol. The van der Waals surface area contributed by atoms with E-state index in [1.807, 2.05) is 12.1 Å². The van der Waals surface area contributed by atoms with E-state index in [4.69, 9.17) is 9.47 Å². The Hall–Kier alpha value is -2.61. The van der Waals surface area contributed by atoms with Crippen LogP contribution in [0.15, 0.2) is 24.3 Å². The number of ether oxygens (including phenoxy) is 2. The second-order valence-electron chi connectivity index (χ2n) is 18.3. The first-order valence-electron chi connectivity index (χ1n) is 25.3. The van der Waals surface area contributed by atoms with Crippen molar-refractivity contribution in [2.24, 2.45) is 5.92 Å². The van der Waals surface area contributed by atoms with Crippen molar-refractivity contribution in [3.8, 4) is 5.75 Å². The molecule has 1 aromatic carbocycles. The van der Waals surface area contributed by atoms with Crippen LogP contribution in [0.5, 0.6) is 5.75 Å². The van der Waals surface area contributed by atoms with Gasteiger partial charge in [0.15, 0.2) is 0 Å². The third kappa shape index (κ3) is 25.4. The first-order chi connectivity index (χ1) is 29.3. The molecule has 346 valence electrons. The van der Waals surface area contributed by atoms with Crippen LogP contribution in [0.2, 0.25) is 0 Å². The fourth-order valence-corrected chi connectivity index (χ4v) is 9.12. The Morgan fingerprint density at radius 3 is 1.62 bits per heavy atom. The van der Waals surface area contributed by atoms with Gasteiger partial charge in [-0.15, -0.1) is 0 Å². The molecular formula is C52H93N3O5. The Balaban J connectivity index is 2.04. The number of hydrogen-bond acceptors (Lipinski definition) is 6. The fourth-order valence-electron chi connectivity index (χ4n) is 9.12. The molecule has 1 aliphatic rings. The van der Waals surface area contributed by atoms with E-state index in [1.54, 1.807) is 7.11 Å². The summed E-state index contributed by atoms with van der Waals surface area (Å²) in [4.78, 5) is 45.1. The van der Waals surface area contributed by atoms with Gasteiger partial charge in [-0.2, -0.15) is 0 Å². The molecule has 0 radical (unpaired) electrons. The Labute approximate surface area is 369 Å². The van der Waals surface area contributed by atoms with Gasteiger partial charge in [-0.3, -0.25) is 14.4 Å². The predicted octanol–water partition coefficient (Wildman–Crippen LogP) is 12.8. The van der Waals surface area contributed by atoms with Crippen LogP contribution in [-0.4, -0.2) is 80.6 Å². The molecule has 8 nitrogen and oxygen atoms in total. The van der Waals surface area contributed by atoms with Crippen molar-refractivity contribution in [1.82, 2.24) is 15.1 Å². The van der Waals surface area contributed by atoms with E-state index >= 15 is 0 Å². The Morgan fingerprint density at radius 2 is 1.13 bits per heavy atom. The summed E-state index contributed by atoms with van der Waals surface area (Å²) in [7, 11) is 5.35.